The zero-order valence-electron chi connectivity index (χ0n) is 12.6. The van der Waals surface area contributed by atoms with Crippen molar-refractivity contribution in [2.24, 2.45) is 5.92 Å². The lowest BCUT2D eigenvalue weighted by Gasteiger charge is -2.35. The molecule has 6 heteroatoms. The second kappa shape index (κ2) is 6.99. The Hall–Kier alpha value is -0.780. The van der Waals surface area contributed by atoms with Crippen LogP contribution in [-0.4, -0.2) is 38.2 Å². The van der Waals surface area contributed by atoms with Crippen LogP contribution in [0.3, 0.4) is 0 Å². The second-order valence-electron chi connectivity index (χ2n) is 5.51. The van der Waals surface area contributed by atoms with Gasteiger partial charge in [-0.05, 0) is 50.3 Å². The molecule has 0 radical (unpaired) electrons. The zero-order chi connectivity index (χ0) is 15.5. The van der Waals surface area contributed by atoms with E-state index in [2.05, 4.69) is 0 Å². The summed E-state index contributed by atoms with van der Waals surface area (Å²) >= 11 is 5.87. The molecule has 118 valence electrons. The molecule has 1 saturated heterocycles. The molecule has 1 aromatic carbocycles. The summed E-state index contributed by atoms with van der Waals surface area (Å²) in [6.45, 7) is 5.38. The van der Waals surface area contributed by atoms with Crippen LogP contribution in [0.1, 0.15) is 25.3 Å². The van der Waals surface area contributed by atoms with E-state index in [4.69, 9.17) is 11.6 Å². The molecule has 4 nitrogen and oxygen atoms in total. The van der Waals surface area contributed by atoms with Crippen molar-refractivity contribution in [3.63, 3.8) is 0 Å². The van der Waals surface area contributed by atoms with Crippen LogP contribution in [0.2, 0.25) is 0 Å². The molecule has 0 bridgehead atoms. The van der Waals surface area contributed by atoms with E-state index in [0.29, 0.717) is 31.4 Å². The van der Waals surface area contributed by atoms with Crippen molar-refractivity contribution in [1.82, 2.24) is 4.31 Å². The average Bonchev–Trinajstić information content (AvgIpc) is 2.48. The third-order valence-corrected chi connectivity index (χ3v) is 6.45. The number of piperidine rings is 1. The highest BCUT2D eigenvalue weighted by molar-refractivity contribution is 7.90. The molecule has 0 atom stereocenters. The van der Waals surface area contributed by atoms with Gasteiger partial charge in [-0.1, -0.05) is 12.1 Å². The number of halogens is 1. The fourth-order valence-electron chi connectivity index (χ4n) is 2.70. The third kappa shape index (κ3) is 3.71. The molecule has 21 heavy (non-hydrogen) atoms. The lowest BCUT2D eigenvalue weighted by molar-refractivity contribution is 0.289. The first-order valence-corrected chi connectivity index (χ1v) is 9.32. The van der Waals surface area contributed by atoms with E-state index in [-0.39, 0.29) is 0 Å². The van der Waals surface area contributed by atoms with E-state index in [1.165, 1.54) is 4.31 Å². The predicted molar refractivity (Wildman–Crippen MR) is 88.1 cm³/mol. The van der Waals surface area contributed by atoms with Crippen molar-refractivity contribution in [3.8, 4) is 0 Å². The second-order valence-corrected chi connectivity index (χ2v) is 7.67. The van der Waals surface area contributed by atoms with Crippen LogP contribution < -0.4 is 4.31 Å². The number of alkyl halides is 1. The van der Waals surface area contributed by atoms with E-state index >= 15 is 0 Å². The Morgan fingerprint density at radius 2 is 2.00 bits per heavy atom. The van der Waals surface area contributed by atoms with Gasteiger partial charge in [-0.15, -0.1) is 11.6 Å². The summed E-state index contributed by atoms with van der Waals surface area (Å²) in [5.74, 6) is 1.05. The maximum Gasteiger partial charge on any atom is 0.304 e. The molecule has 1 aliphatic rings. The summed E-state index contributed by atoms with van der Waals surface area (Å²) in [6, 6.07) is 7.62. The molecule has 1 heterocycles. The van der Waals surface area contributed by atoms with Crippen LogP contribution in [0.25, 0.3) is 0 Å². The van der Waals surface area contributed by atoms with E-state index in [9.17, 15) is 8.42 Å². The predicted octanol–water partition coefficient (Wildman–Crippen LogP) is 3.02. The van der Waals surface area contributed by atoms with E-state index in [0.717, 1.165) is 24.1 Å². The van der Waals surface area contributed by atoms with Gasteiger partial charge in [0.15, 0.2) is 0 Å². The Bertz CT molecular complexity index is 569. The van der Waals surface area contributed by atoms with E-state index < -0.39 is 10.2 Å². The lowest BCUT2D eigenvalue weighted by atomic mass is 10.0. The fraction of sp³-hybridized carbons (Fsp3) is 0.600. The Kier molecular flexibility index (Phi) is 5.52. The highest BCUT2D eigenvalue weighted by Crippen LogP contribution is 2.26. The molecular weight excluding hydrogens is 308 g/mol. The van der Waals surface area contributed by atoms with Crippen molar-refractivity contribution in [1.29, 1.82) is 0 Å². The summed E-state index contributed by atoms with van der Waals surface area (Å²) in [5.41, 5.74) is 1.79. The highest BCUT2D eigenvalue weighted by Gasteiger charge is 2.32. The smallest absolute Gasteiger partial charge is 0.258 e. The summed E-state index contributed by atoms with van der Waals surface area (Å²) in [4.78, 5) is 0. The SMILES string of the molecule is CCN(c1cccc(C)c1)S(=O)(=O)N1CCC(CCl)CC1. The van der Waals surface area contributed by atoms with Crippen LogP contribution in [0.15, 0.2) is 24.3 Å². The van der Waals surface area contributed by atoms with Crippen LogP contribution in [0.4, 0.5) is 5.69 Å². The van der Waals surface area contributed by atoms with Gasteiger partial charge in [0.05, 0.1) is 5.69 Å². The minimum Gasteiger partial charge on any atom is -0.258 e. The van der Waals surface area contributed by atoms with Crippen molar-refractivity contribution >= 4 is 27.5 Å². The number of benzene rings is 1. The number of hydrogen-bond acceptors (Lipinski definition) is 2. The first kappa shape index (κ1) is 16.6. The molecule has 1 aromatic rings. The molecule has 0 N–H and O–H groups in total. The Morgan fingerprint density at radius 3 is 2.52 bits per heavy atom. The van der Waals surface area contributed by atoms with Gasteiger partial charge in [-0.25, -0.2) is 0 Å². The maximum atomic E-state index is 12.8. The zero-order valence-corrected chi connectivity index (χ0v) is 14.2. The van der Waals surface area contributed by atoms with Gasteiger partial charge in [0.25, 0.3) is 0 Å². The molecular formula is C15H23ClN2O2S. The van der Waals surface area contributed by atoms with Gasteiger partial charge in [0.1, 0.15) is 0 Å². The largest absolute Gasteiger partial charge is 0.304 e. The van der Waals surface area contributed by atoms with E-state index in [1.807, 2.05) is 38.1 Å². The standard InChI is InChI=1S/C15H23ClN2O2S/c1-3-18(15-6-4-5-13(2)11-15)21(19,20)17-9-7-14(12-16)8-10-17/h4-6,11,14H,3,7-10,12H2,1-2H3. The molecule has 0 amide bonds. The number of rotatable bonds is 5. The summed E-state index contributed by atoms with van der Waals surface area (Å²) in [5, 5.41) is 0. The monoisotopic (exact) mass is 330 g/mol. The van der Waals surface area contributed by atoms with Crippen molar-refractivity contribution in [2.75, 3.05) is 29.8 Å². The molecule has 0 aliphatic carbocycles. The van der Waals surface area contributed by atoms with Gasteiger partial charge in [0, 0.05) is 25.5 Å². The molecule has 2 rings (SSSR count). The molecule has 0 aromatic heterocycles. The van der Waals surface area contributed by atoms with Crippen LogP contribution in [0.5, 0.6) is 0 Å². The van der Waals surface area contributed by atoms with Gasteiger partial charge in [-0.2, -0.15) is 12.7 Å². The molecule has 0 unspecified atom stereocenters. The third-order valence-electron chi connectivity index (χ3n) is 3.97. The Morgan fingerprint density at radius 1 is 1.33 bits per heavy atom. The first-order valence-electron chi connectivity index (χ1n) is 7.39. The van der Waals surface area contributed by atoms with Gasteiger partial charge >= 0.3 is 10.2 Å². The normalized spacial score (nSPS) is 17.9. The maximum absolute atomic E-state index is 12.8. The van der Waals surface area contributed by atoms with Gasteiger partial charge < -0.3 is 0 Å². The van der Waals surface area contributed by atoms with E-state index in [1.54, 1.807) is 4.31 Å². The summed E-state index contributed by atoms with van der Waals surface area (Å²) in [6.07, 6.45) is 1.68. The number of hydrogen-bond donors (Lipinski definition) is 0. The van der Waals surface area contributed by atoms with Crippen LogP contribution in [0, 0.1) is 12.8 Å². The molecule has 1 aliphatic heterocycles. The highest BCUT2D eigenvalue weighted by atomic mass is 35.5. The first-order chi connectivity index (χ1) is 9.98. The number of anilines is 1. The summed E-state index contributed by atoms with van der Waals surface area (Å²) in [7, 11) is -3.45. The Labute approximate surface area is 132 Å². The van der Waals surface area contributed by atoms with Crippen molar-refractivity contribution < 1.29 is 8.42 Å². The number of nitrogens with zero attached hydrogens (tertiary/aromatic N) is 2. The molecule has 1 fully saturated rings. The van der Waals surface area contributed by atoms with Crippen LogP contribution in [-0.2, 0) is 10.2 Å². The quantitative estimate of drug-likeness (QED) is 0.779. The molecule has 0 spiro atoms. The van der Waals surface area contributed by atoms with Crippen molar-refractivity contribution in [2.45, 2.75) is 26.7 Å². The topological polar surface area (TPSA) is 40.6 Å². The minimum absolute atomic E-state index is 0.432. The fourth-order valence-corrected chi connectivity index (χ4v) is 4.66. The van der Waals surface area contributed by atoms with Gasteiger partial charge in [-0.3, -0.25) is 4.31 Å². The lowest BCUT2D eigenvalue weighted by Crippen LogP contribution is -2.47. The van der Waals surface area contributed by atoms with Crippen LogP contribution >= 0.6 is 11.6 Å². The minimum atomic E-state index is -3.45. The molecule has 0 saturated carbocycles. The summed E-state index contributed by atoms with van der Waals surface area (Å²) < 4.78 is 28.8. The van der Waals surface area contributed by atoms with Gasteiger partial charge in [0.2, 0.25) is 0 Å². The average molecular weight is 331 g/mol. The number of aryl methyl sites for hydroxylation is 1. The van der Waals surface area contributed by atoms with Crippen molar-refractivity contribution in [3.05, 3.63) is 29.8 Å². The Balaban J connectivity index is 2.20.